The van der Waals surface area contributed by atoms with Gasteiger partial charge in [-0.05, 0) is 57.7 Å². The number of rotatable bonds is 5. The van der Waals surface area contributed by atoms with Crippen LogP contribution in [0.15, 0.2) is 24.3 Å². The SMILES string of the molecule is CCn1nc(C)c(CCC(=O)N2CCC[C@@H]2c2nc3ccccc3[nH]2)c1C. The Labute approximate surface area is 159 Å². The molecule has 1 fully saturated rings. The Morgan fingerprint density at radius 3 is 2.85 bits per heavy atom. The summed E-state index contributed by atoms with van der Waals surface area (Å²) >= 11 is 0. The summed E-state index contributed by atoms with van der Waals surface area (Å²) in [6.07, 6.45) is 3.27. The number of carbonyl (C=O) groups is 1. The summed E-state index contributed by atoms with van der Waals surface area (Å²) in [6.45, 7) is 7.90. The van der Waals surface area contributed by atoms with E-state index >= 15 is 0 Å². The van der Waals surface area contributed by atoms with Crippen molar-refractivity contribution in [3.05, 3.63) is 47.0 Å². The molecule has 1 amide bonds. The smallest absolute Gasteiger partial charge is 0.223 e. The first kappa shape index (κ1) is 17.8. The number of benzene rings is 1. The fourth-order valence-electron chi connectivity index (χ4n) is 4.26. The number of amides is 1. The van der Waals surface area contributed by atoms with Crippen molar-refractivity contribution in [2.75, 3.05) is 6.54 Å². The number of hydrogen-bond donors (Lipinski definition) is 1. The molecule has 1 atom stereocenters. The molecule has 1 aliphatic rings. The summed E-state index contributed by atoms with van der Waals surface area (Å²) in [5.41, 5.74) is 5.43. The lowest BCUT2D eigenvalue weighted by Crippen LogP contribution is -2.31. The zero-order valence-corrected chi connectivity index (χ0v) is 16.3. The minimum atomic E-state index is 0.0606. The van der Waals surface area contributed by atoms with Gasteiger partial charge in [-0.1, -0.05) is 12.1 Å². The summed E-state index contributed by atoms with van der Waals surface area (Å²) < 4.78 is 2.02. The zero-order valence-electron chi connectivity index (χ0n) is 16.3. The Morgan fingerprint density at radius 1 is 1.30 bits per heavy atom. The summed E-state index contributed by atoms with van der Waals surface area (Å²) in [7, 11) is 0. The predicted octanol–water partition coefficient (Wildman–Crippen LogP) is 3.69. The summed E-state index contributed by atoms with van der Waals surface area (Å²) in [5, 5.41) is 4.57. The van der Waals surface area contributed by atoms with Crippen molar-refractivity contribution in [1.29, 1.82) is 0 Å². The molecule has 1 N–H and O–H groups in total. The van der Waals surface area contributed by atoms with Gasteiger partial charge < -0.3 is 9.88 Å². The number of nitrogens with zero attached hydrogens (tertiary/aromatic N) is 4. The van der Waals surface area contributed by atoms with Crippen LogP contribution in [-0.4, -0.2) is 37.1 Å². The topological polar surface area (TPSA) is 66.8 Å². The first-order valence-corrected chi connectivity index (χ1v) is 9.85. The second-order valence-electron chi connectivity index (χ2n) is 7.35. The summed E-state index contributed by atoms with van der Waals surface area (Å²) in [4.78, 5) is 23.1. The maximum atomic E-state index is 13.0. The van der Waals surface area contributed by atoms with E-state index in [0.29, 0.717) is 6.42 Å². The quantitative estimate of drug-likeness (QED) is 0.750. The van der Waals surface area contributed by atoms with Crippen LogP contribution in [0.3, 0.4) is 0 Å². The molecular weight excluding hydrogens is 338 g/mol. The third-order valence-corrected chi connectivity index (χ3v) is 5.72. The van der Waals surface area contributed by atoms with Crippen molar-refractivity contribution in [3.63, 3.8) is 0 Å². The predicted molar refractivity (Wildman–Crippen MR) is 105 cm³/mol. The maximum absolute atomic E-state index is 13.0. The van der Waals surface area contributed by atoms with E-state index in [0.717, 1.165) is 54.9 Å². The molecule has 2 aromatic heterocycles. The van der Waals surface area contributed by atoms with Gasteiger partial charge in [-0.15, -0.1) is 0 Å². The number of H-pyrrole nitrogens is 1. The molecule has 6 heteroatoms. The van der Waals surface area contributed by atoms with E-state index in [1.165, 1.54) is 11.3 Å². The normalized spacial score (nSPS) is 17.1. The van der Waals surface area contributed by atoms with Gasteiger partial charge in [-0.3, -0.25) is 9.48 Å². The van der Waals surface area contributed by atoms with Crippen LogP contribution in [-0.2, 0) is 17.8 Å². The lowest BCUT2D eigenvalue weighted by Gasteiger charge is -2.23. The Balaban J connectivity index is 1.48. The number of likely N-dealkylation sites (tertiary alicyclic amines) is 1. The first-order chi connectivity index (χ1) is 13.1. The van der Waals surface area contributed by atoms with E-state index in [1.807, 2.05) is 40.8 Å². The number of para-hydroxylation sites is 2. The van der Waals surface area contributed by atoms with Gasteiger partial charge in [-0.2, -0.15) is 5.10 Å². The average molecular weight is 365 g/mol. The second-order valence-corrected chi connectivity index (χ2v) is 7.35. The average Bonchev–Trinajstić information content (AvgIpc) is 3.37. The molecule has 3 heterocycles. The van der Waals surface area contributed by atoms with Gasteiger partial charge in [0, 0.05) is 25.2 Å². The zero-order chi connectivity index (χ0) is 19.0. The van der Waals surface area contributed by atoms with Crippen molar-refractivity contribution in [2.45, 2.75) is 59.0 Å². The van der Waals surface area contributed by atoms with E-state index < -0.39 is 0 Å². The number of fused-ring (bicyclic) bond motifs is 1. The van der Waals surface area contributed by atoms with E-state index in [4.69, 9.17) is 4.98 Å². The highest BCUT2D eigenvalue weighted by molar-refractivity contribution is 5.78. The number of hydrogen-bond acceptors (Lipinski definition) is 3. The van der Waals surface area contributed by atoms with Gasteiger partial charge in [0.05, 0.1) is 22.8 Å². The van der Waals surface area contributed by atoms with Crippen LogP contribution in [0, 0.1) is 13.8 Å². The minimum absolute atomic E-state index is 0.0606. The molecule has 1 aromatic carbocycles. The molecule has 0 aliphatic carbocycles. The van der Waals surface area contributed by atoms with Crippen LogP contribution in [0.25, 0.3) is 11.0 Å². The highest BCUT2D eigenvalue weighted by atomic mass is 16.2. The Morgan fingerprint density at radius 2 is 2.11 bits per heavy atom. The Bertz CT molecular complexity index is 937. The molecule has 4 rings (SSSR count). The highest BCUT2D eigenvalue weighted by Crippen LogP contribution is 2.32. The fourth-order valence-corrected chi connectivity index (χ4v) is 4.26. The number of nitrogens with one attached hydrogen (secondary N) is 1. The van der Waals surface area contributed by atoms with Gasteiger partial charge in [0.25, 0.3) is 0 Å². The molecule has 1 aliphatic heterocycles. The molecule has 0 unspecified atom stereocenters. The van der Waals surface area contributed by atoms with E-state index in [2.05, 4.69) is 23.9 Å². The molecule has 1 saturated heterocycles. The maximum Gasteiger partial charge on any atom is 0.223 e. The lowest BCUT2D eigenvalue weighted by atomic mass is 10.1. The standard InChI is InChI=1S/C21H27N5O/c1-4-26-15(3)16(14(2)24-26)11-12-20(27)25-13-7-10-19(25)21-22-17-8-5-6-9-18(17)23-21/h5-6,8-9,19H,4,7,10-13H2,1-3H3,(H,22,23)/t19-/m1/s1. The summed E-state index contributed by atoms with van der Waals surface area (Å²) in [5.74, 6) is 1.12. The lowest BCUT2D eigenvalue weighted by molar-refractivity contribution is -0.132. The Hall–Kier alpha value is -2.63. The van der Waals surface area contributed by atoms with Crippen LogP contribution < -0.4 is 0 Å². The van der Waals surface area contributed by atoms with Crippen molar-refractivity contribution in [2.24, 2.45) is 0 Å². The fraction of sp³-hybridized carbons (Fsp3) is 0.476. The number of carbonyl (C=O) groups excluding carboxylic acids is 1. The van der Waals surface area contributed by atoms with Crippen molar-refractivity contribution >= 4 is 16.9 Å². The molecular formula is C21H27N5O. The monoisotopic (exact) mass is 365 g/mol. The van der Waals surface area contributed by atoms with Gasteiger partial charge >= 0.3 is 0 Å². The molecule has 27 heavy (non-hydrogen) atoms. The van der Waals surface area contributed by atoms with Crippen LogP contribution >= 0.6 is 0 Å². The molecule has 0 spiro atoms. The van der Waals surface area contributed by atoms with Gasteiger partial charge in [0.1, 0.15) is 5.82 Å². The van der Waals surface area contributed by atoms with Crippen molar-refractivity contribution in [1.82, 2.24) is 24.6 Å². The van der Waals surface area contributed by atoms with Crippen LogP contribution in [0.2, 0.25) is 0 Å². The third-order valence-electron chi connectivity index (χ3n) is 5.72. The van der Waals surface area contributed by atoms with Crippen molar-refractivity contribution < 1.29 is 4.79 Å². The van der Waals surface area contributed by atoms with Gasteiger partial charge in [0.15, 0.2) is 0 Å². The molecule has 142 valence electrons. The third kappa shape index (κ3) is 3.24. The van der Waals surface area contributed by atoms with Gasteiger partial charge in [-0.25, -0.2) is 4.98 Å². The van der Waals surface area contributed by atoms with Crippen LogP contribution in [0.5, 0.6) is 0 Å². The van der Waals surface area contributed by atoms with Crippen LogP contribution in [0.4, 0.5) is 0 Å². The second kappa shape index (κ2) is 7.18. The largest absolute Gasteiger partial charge is 0.340 e. The number of aryl methyl sites for hydroxylation is 2. The molecule has 0 saturated carbocycles. The van der Waals surface area contributed by atoms with Crippen LogP contribution in [0.1, 0.15) is 55.0 Å². The van der Waals surface area contributed by atoms with E-state index in [1.54, 1.807) is 0 Å². The summed E-state index contributed by atoms with van der Waals surface area (Å²) in [6, 6.07) is 8.09. The number of aromatic nitrogens is 4. The Kier molecular flexibility index (Phi) is 4.72. The molecule has 3 aromatic rings. The molecule has 6 nitrogen and oxygen atoms in total. The minimum Gasteiger partial charge on any atom is -0.340 e. The highest BCUT2D eigenvalue weighted by Gasteiger charge is 2.32. The molecule has 0 bridgehead atoms. The van der Waals surface area contributed by atoms with Crippen molar-refractivity contribution in [3.8, 4) is 0 Å². The molecule has 0 radical (unpaired) electrons. The van der Waals surface area contributed by atoms with E-state index in [9.17, 15) is 4.79 Å². The number of imidazole rings is 1. The van der Waals surface area contributed by atoms with E-state index in [-0.39, 0.29) is 11.9 Å². The number of aromatic amines is 1. The first-order valence-electron chi connectivity index (χ1n) is 9.85. The van der Waals surface area contributed by atoms with Gasteiger partial charge in [0.2, 0.25) is 5.91 Å².